The van der Waals surface area contributed by atoms with E-state index in [-0.39, 0.29) is 11.4 Å². The molecule has 5 nitrogen and oxygen atoms in total. The maximum absolute atomic E-state index is 13.6. The first kappa shape index (κ1) is 18.0. The Bertz CT molecular complexity index is 1060. The van der Waals surface area contributed by atoms with Crippen molar-refractivity contribution in [1.82, 2.24) is 4.90 Å². The second-order valence-electron chi connectivity index (χ2n) is 10.2. The van der Waals surface area contributed by atoms with E-state index in [0.29, 0.717) is 24.8 Å². The third-order valence-electron chi connectivity index (χ3n) is 8.21. The Balaban J connectivity index is 1.36. The molecule has 5 heteroatoms. The number of aliphatic carboxylic acids is 1. The average Bonchev–Trinajstić information content (AvgIpc) is 3.04. The number of carbonyl (C=O) groups is 2. The van der Waals surface area contributed by atoms with Gasteiger partial charge >= 0.3 is 5.97 Å². The highest BCUT2D eigenvalue weighted by Gasteiger charge is 2.63. The lowest BCUT2D eigenvalue weighted by atomic mass is 9.46. The molecule has 0 spiro atoms. The van der Waals surface area contributed by atoms with Gasteiger partial charge in [0.25, 0.3) is 5.91 Å². The van der Waals surface area contributed by atoms with E-state index in [1.165, 1.54) is 0 Å². The monoisotopic (exact) mass is 402 g/mol. The zero-order valence-electron chi connectivity index (χ0n) is 16.9. The van der Waals surface area contributed by atoms with E-state index in [2.05, 4.69) is 12.1 Å². The third kappa shape index (κ3) is 2.41. The molecule has 2 aromatic rings. The summed E-state index contributed by atoms with van der Waals surface area (Å²) in [6.07, 6.45) is 5.25. The molecule has 0 saturated heterocycles. The molecule has 7 rings (SSSR count). The quantitative estimate of drug-likeness (QED) is 0.749. The summed E-state index contributed by atoms with van der Waals surface area (Å²) in [6, 6.07) is 13.8. The topological polar surface area (TPSA) is 83.6 Å². The number of nitrogen functional groups attached to an aromatic ring is 1. The number of nitrogens with zero attached hydrogens (tertiary/aromatic N) is 1. The Morgan fingerprint density at radius 2 is 1.67 bits per heavy atom. The number of amides is 1. The van der Waals surface area contributed by atoms with E-state index >= 15 is 0 Å². The summed E-state index contributed by atoms with van der Waals surface area (Å²) in [4.78, 5) is 27.8. The maximum atomic E-state index is 13.6. The lowest BCUT2D eigenvalue weighted by Crippen LogP contribution is -2.64. The minimum Gasteiger partial charge on any atom is -0.481 e. The van der Waals surface area contributed by atoms with Crippen LogP contribution in [0.25, 0.3) is 11.1 Å². The standard InChI is InChI=1S/C25H26N2O3/c26-20-5-3-17(4-6-20)18-1-2-19-13-27(22(28)21(19)8-18)25-11-15-7-16(12-25)10-24(9-15,14-25)23(29)30/h1-6,8,15-16H,7,9-14,26H2,(H,29,30). The maximum Gasteiger partial charge on any atom is 0.309 e. The number of hydrogen-bond acceptors (Lipinski definition) is 3. The summed E-state index contributed by atoms with van der Waals surface area (Å²) < 4.78 is 0. The first-order chi connectivity index (χ1) is 14.4. The van der Waals surface area contributed by atoms with Crippen molar-refractivity contribution in [3.63, 3.8) is 0 Å². The van der Waals surface area contributed by atoms with Gasteiger partial charge in [0.05, 0.1) is 5.41 Å². The van der Waals surface area contributed by atoms with Gasteiger partial charge in [-0.15, -0.1) is 0 Å². The van der Waals surface area contributed by atoms with E-state index in [9.17, 15) is 14.7 Å². The van der Waals surface area contributed by atoms with E-state index in [1.807, 2.05) is 35.2 Å². The Hall–Kier alpha value is -2.82. The molecule has 4 bridgehead atoms. The van der Waals surface area contributed by atoms with Crippen molar-refractivity contribution in [1.29, 1.82) is 0 Å². The Labute approximate surface area is 175 Å². The molecule has 30 heavy (non-hydrogen) atoms. The van der Waals surface area contributed by atoms with Gasteiger partial charge in [-0.2, -0.15) is 0 Å². The summed E-state index contributed by atoms with van der Waals surface area (Å²) in [7, 11) is 0. The van der Waals surface area contributed by atoms with Gasteiger partial charge in [-0.3, -0.25) is 9.59 Å². The lowest BCUT2D eigenvalue weighted by molar-refractivity contribution is -0.175. The van der Waals surface area contributed by atoms with E-state index < -0.39 is 11.4 Å². The molecular formula is C25H26N2O3. The van der Waals surface area contributed by atoms with Crippen LogP contribution in [0.2, 0.25) is 0 Å². The van der Waals surface area contributed by atoms with E-state index in [1.54, 1.807) is 0 Å². The Morgan fingerprint density at radius 3 is 2.33 bits per heavy atom. The first-order valence-electron chi connectivity index (χ1n) is 10.9. The summed E-state index contributed by atoms with van der Waals surface area (Å²) in [5.41, 5.74) is 9.48. The van der Waals surface area contributed by atoms with Crippen LogP contribution in [0.1, 0.15) is 54.4 Å². The van der Waals surface area contributed by atoms with Crippen molar-refractivity contribution < 1.29 is 14.7 Å². The van der Waals surface area contributed by atoms with Crippen molar-refractivity contribution in [2.75, 3.05) is 5.73 Å². The molecule has 4 fully saturated rings. The van der Waals surface area contributed by atoms with Gasteiger partial charge in [0.15, 0.2) is 0 Å². The summed E-state index contributed by atoms with van der Waals surface area (Å²) in [5.74, 6) is 0.286. The zero-order chi connectivity index (χ0) is 20.7. The van der Waals surface area contributed by atoms with Crippen LogP contribution in [0.4, 0.5) is 5.69 Å². The van der Waals surface area contributed by atoms with Crippen LogP contribution in [0.3, 0.4) is 0 Å². The third-order valence-corrected chi connectivity index (χ3v) is 8.21. The van der Waals surface area contributed by atoms with Gasteiger partial charge in [0.2, 0.25) is 0 Å². The highest BCUT2D eigenvalue weighted by molar-refractivity contribution is 6.00. The Kier molecular flexibility index (Phi) is 3.52. The lowest BCUT2D eigenvalue weighted by Gasteiger charge is -2.62. The Morgan fingerprint density at radius 1 is 1.00 bits per heavy atom. The van der Waals surface area contributed by atoms with Gasteiger partial charge in [0, 0.05) is 23.3 Å². The molecule has 0 radical (unpaired) electrons. The van der Waals surface area contributed by atoms with Crippen LogP contribution in [0.5, 0.6) is 0 Å². The normalized spacial score (nSPS) is 33.7. The van der Waals surface area contributed by atoms with Crippen LogP contribution >= 0.6 is 0 Å². The zero-order valence-corrected chi connectivity index (χ0v) is 16.9. The minimum atomic E-state index is -0.657. The number of hydrogen-bond donors (Lipinski definition) is 2. The van der Waals surface area contributed by atoms with E-state index in [4.69, 9.17) is 5.73 Å². The highest BCUT2D eigenvalue weighted by Crippen LogP contribution is 2.64. The van der Waals surface area contributed by atoms with Crippen molar-refractivity contribution in [2.45, 2.75) is 50.6 Å². The summed E-state index contributed by atoms with van der Waals surface area (Å²) >= 11 is 0. The molecule has 2 aromatic carbocycles. The number of benzene rings is 2. The number of fused-ring (bicyclic) bond motifs is 1. The van der Waals surface area contributed by atoms with Gasteiger partial charge in [-0.05, 0) is 85.3 Å². The molecule has 0 aromatic heterocycles. The number of carbonyl (C=O) groups excluding carboxylic acids is 1. The van der Waals surface area contributed by atoms with Crippen molar-refractivity contribution in [3.05, 3.63) is 53.6 Å². The number of carboxylic acid groups (broad SMARTS) is 1. The first-order valence-corrected chi connectivity index (χ1v) is 10.9. The van der Waals surface area contributed by atoms with Crippen molar-refractivity contribution in [2.24, 2.45) is 17.3 Å². The largest absolute Gasteiger partial charge is 0.481 e. The fourth-order valence-electron chi connectivity index (χ4n) is 7.32. The number of anilines is 1. The predicted molar refractivity (Wildman–Crippen MR) is 114 cm³/mol. The molecular weight excluding hydrogens is 376 g/mol. The molecule has 1 aliphatic heterocycles. The van der Waals surface area contributed by atoms with Crippen LogP contribution in [0, 0.1) is 17.3 Å². The SMILES string of the molecule is Nc1ccc(-c2ccc3c(c2)C(=O)N(C24CC5CC(CC(C(=O)O)(C5)C2)C4)C3)cc1. The van der Waals surface area contributed by atoms with Crippen molar-refractivity contribution in [3.8, 4) is 11.1 Å². The molecule has 4 saturated carbocycles. The minimum absolute atomic E-state index is 0.0739. The number of nitrogens with two attached hydrogens (primary N) is 1. The number of rotatable bonds is 3. The van der Waals surface area contributed by atoms with Gasteiger partial charge in [-0.1, -0.05) is 24.3 Å². The highest BCUT2D eigenvalue weighted by atomic mass is 16.4. The van der Waals surface area contributed by atoms with Crippen LogP contribution in [-0.2, 0) is 11.3 Å². The van der Waals surface area contributed by atoms with Crippen LogP contribution < -0.4 is 5.73 Å². The molecule has 2 atom stereocenters. The fourth-order valence-corrected chi connectivity index (χ4v) is 7.32. The molecule has 1 heterocycles. The average molecular weight is 402 g/mol. The van der Waals surface area contributed by atoms with Gasteiger partial charge in [-0.25, -0.2) is 0 Å². The summed E-state index contributed by atoms with van der Waals surface area (Å²) in [6.45, 7) is 0.603. The molecule has 4 aliphatic carbocycles. The molecule has 154 valence electrons. The number of carboxylic acids is 1. The smallest absolute Gasteiger partial charge is 0.309 e. The predicted octanol–water partition coefficient (Wildman–Crippen LogP) is 4.32. The summed E-state index contributed by atoms with van der Waals surface area (Å²) in [5, 5.41) is 10.0. The molecule has 1 amide bonds. The van der Waals surface area contributed by atoms with Crippen molar-refractivity contribution >= 4 is 17.6 Å². The van der Waals surface area contributed by atoms with Crippen LogP contribution in [-0.4, -0.2) is 27.4 Å². The van der Waals surface area contributed by atoms with Crippen LogP contribution in [0.15, 0.2) is 42.5 Å². The van der Waals surface area contributed by atoms with E-state index in [0.717, 1.165) is 60.0 Å². The molecule has 5 aliphatic rings. The fraction of sp³-hybridized carbons (Fsp3) is 0.440. The molecule has 2 unspecified atom stereocenters. The second kappa shape index (κ2) is 5.87. The molecule has 3 N–H and O–H groups in total. The second-order valence-corrected chi connectivity index (χ2v) is 10.2. The van der Waals surface area contributed by atoms with Gasteiger partial charge < -0.3 is 15.7 Å². The van der Waals surface area contributed by atoms with Gasteiger partial charge in [0.1, 0.15) is 0 Å².